The molecule has 0 bridgehead atoms. The van der Waals surface area contributed by atoms with Gasteiger partial charge in [0.25, 0.3) is 5.91 Å². The lowest BCUT2D eigenvalue weighted by molar-refractivity contribution is -0.140. The van der Waals surface area contributed by atoms with Crippen LogP contribution in [0.1, 0.15) is 15.9 Å². The number of amides is 1. The topological polar surface area (TPSA) is 64.6 Å². The van der Waals surface area contributed by atoms with Crippen LogP contribution in [0.5, 0.6) is 5.75 Å². The van der Waals surface area contributed by atoms with Gasteiger partial charge in [0.2, 0.25) is 0 Å². The van der Waals surface area contributed by atoms with Crippen molar-refractivity contribution in [2.24, 2.45) is 0 Å². The van der Waals surface area contributed by atoms with Gasteiger partial charge in [-0.15, -0.1) is 0 Å². The second kappa shape index (κ2) is 6.96. The Morgan fingerprint density at radius 1 is 1.29 bits per heavy atom. The van der Waals surface area contributed by atoms with Gasteiger partial charge in [0.15, 0.2) is 6.61 Å². The molecule has 0 atom stereocenters. The van der Waals surface area contributed by atoms with Crippen molar-refractivity contribution in [2.45, 2.75) is 13.1 Å². The summed E-state index contributed by atoms with van der Waals surface area (Å²) in [5.74, 6) is -1.39. The van der Waals surface area contributed by atoms with Crippen LogP contribution in [-0.4, -0.2) is 38.3 Å². The molecule has 8 heteroatoms. The Bertz CT molecular complexity index is 529. The molecule has 1 aromatic rings. The number of methoxy groups -OCH3 is 1. The molecular formula is C13H14F3NO4. The van der Waals surface area contributed by atoms with Gasteiger partial charge in [0.1, 0.15) is 12.3 Å². The molecule has 5 nitrogen and oxygen atoms in total. The molecule has 21 heavy (non-hydrogen) atoms. The van der Waals surface area contributed by atoms with E-state index in [2.05, 4.69) is 4.74 Å². The van der Waals surface area contributed by atoms with Crippen LogP contribution in [-0.2, 0) is 9.53 Å². The molecule has 0 spiro atoms. The largest absolute Gasteiger partial charge is 0.496 e. The molecule has 1 aromatic carbocycles. The number of alkyl halides is 3. The molecule has 0 saturated carbocycles. The van der Waals surface area contributed by atoms with E-state index in [1.54, 1.807) is 18.3 Å². The second-order valence-electron chi connectivity index (χ2n) is 4.15. The van der Waals surface area contributed by atoms with E-state index in [0.29, 0.717) is 5.75 Å². The van der Waals surface area contributed by atoms with Crippen LogP contribution in [0.2, 0.25) is 0 Å². The monoisotopic (exact) mass is 305 g/mol. The van der Waals surface area contributed by atoms with Crippen LogP contribution in [0.15, 0.2) is 18.2 Å². The van der Waals surface area contributed by atoms with Gasteiger partial charge >= 0.3 is 12.1 Å². The normalized spacial score (nSPS) is 10.9. The third-order valence-corrected chi connectivity index (χ3v) is 2.46. The summed E-state index contributed by atoms with van der Waals surface area (Å²) >= 11 is 0. The molecule has 0 aliphatic rings. The van der Waals surface area contributed by atoms with Gasteiger partial charge in [-0.2, -0.15) is 13.2 Å². The van der Waals surface area contributed by atoms with Gasteiger partial charge in [-0.3, -0.25) is 4.79 Å². The van der Waals surface area contributed by atoms with Crippen LogP contribution < -0.4 is 10.1 Å². The number of ether oxygens (including phenoxy) is 2. The minimum absolute atomic E-state index is 0.140. The molecule has 0 fully saturated rings. The lowest BCUT2D eigenvalue weighted by Crippen LogP contribution is -2.36. The van der Waals surface area contributed by atoms with Crippen molar-refractivity contribution in [3.63, 3.8) is 0 Å². The Balaban J connectivity index is 2.52. The third-order valence-electron chi connectivity index (χ3n) is 2.46. The van der Waals surface area contributed by atoms with E-state index in [4.69, 9.17) is 4.74 Å². The highest BCUT2D eigenvalue weighted by atomic mass is 19.4. The van der Waals surface area contributed by atoms with Crippen LogP contribution in [0.25, 0.3) is 0 Å². The van der Waals surface area contributed by atoms with Gasteiger partial charge in [0.05, 0.1) is 12.7 Å². The Morgan fingerprint density at radius 2 is 1.95 bits per heavy atom. The number of halogens is 3. The summed E-state index contributed by atoms with van der Waals surface area (Å²) in [6.45, 7) is -0.481. The summed E-state index contributed by atoms with van der Waals surface area (Å²) in [4.78, 5) is 22.7. The Hall–Kier alpha value is -2.25. The first-order chi connectivity index (χ1) is 9.73. The van der Waals surface area contributed by atoms with Crippen molar-refractivity contribution in [1.29, 1.82) is 0 Å². The van der Waals surface area contributed by atoms with Crippen molar-refractivity contribution in [3.05, 3.63) is 29.3 Å². The van der Waals surface area contributed by atoms with Crippen LogP contribution in [0.4, 0.5) is 13.2 Å². The summed E-state index contributed by atoms with van der Waals surface area (Å²) in [6, 6.07) is 4.51. The third kappa shape index (κ3) is 5.72. The Labute approximate surface area is 119 Å². The Kier molecular flexibility index (Phi) is 5.57. The lowest BCUT2D eigenvalue weighted by atomic mass is 10.1. The summed E-state index contributed by atoms with van der Waals surface area (Å²) in [5.41, 5.74) is 0.943. The van der Waals surface area contributed by atoms with Crippen LogP contribution in [0, 0.1) is 6.92 Å². The summed E-state index contributed by atoms with van der Waals surface area (Å²) < 4.78 is 45.2. The molecule has 0 radical (unpaired) electrons. The first-order valence-electron chi connectivity index (χ1n) is 5.88. The number of hydrogen-bond donors (Lipinski definition) is 1. The quantitative estimate of drug-likeness (QED) is 0.843. The van der Waals surface area contributed by atoms with Gasteiger partial charge in [-0.1, -0.05) is 6.07 Å². The molecule has 0 aliphatic carbocycles. The van der Waals surface area contributed by atoms with E-state index in [9.17, 15) is 22.8 Å². The molecule has 0 heterocycles. The van der Waals surface area contributed by atoms with Gasteiger partial charge in [-0.25, -0.2) is 4.79 Å². The van der Waals surface area contributed by atoms with E-state index >= 15 is 0 Å². The number of carbonyl (C=O) groups is 2. The van der Waals surface area contributed by atoms with Crippen LogP contribution >= 0.6 is 0 Å². The number of hydrogen-bond acceptors (Lipinski definition) is 4. The van der Waals surface area contributed by atoms with E-state index in [1.165, 1.54) is 19.2 Å². The van der Waals surface area contributed by atoms with Gasteiger partial charge in [0, 0.05) is 0 Å². The molecule has 0 aliphatic heterocycles. The van der Waals surface area contributed by atoms with E-state index in [0.717, 1.165) is 5.56 Å². The summed E-state index contributed by atoms with van der Waals surface area (Å²) in [6.07, 6.45) is -4.51. The SMILES string of the molecule is COc1cc(C(=O)OCC(=O)NCC(F)(F)F)ccc1C. The number of nitrogens with one attached hydrogen (secondary N) is 1. The fourth-order valence-electron chi connectivity index (χ4n) is 1.41. The minimum Gasteiger partial charge on any atom is -0.496 e. The van der Waals surface area contributed by atoms with E-state index in [1.807, 2.05) is 0 Å². The maximum absolute atomic E-state index is 11.9. The van der Waals surface area contributed by atoms with Crippen molar-refractivity contribution in [1.82, 2.24) is 5.32 Å². The average Bonchev–Trinajstić information content (AvgIpc) is 2.42. The number of esters is 1. The molecule has 1 N–H and O–H groups in total. The standard InChI is InChI=1S/C13H14F3NO4/c1-8-3-4-9(5-10(8)20-2)12(19)21-6-11(18)17-7-13(14,15)16/h3-5H,6-7H2,1-2H3,(H,17,18). The Morgan fingerprint density at radius 3 is 2.52 bits per heavy atom. The van der Waals surface area contributed by atoms with Crippen molar-refractivity contribution in [3.8, 4) is 5.75 Å². The number of carbonyl (C=O) groups excluding carboxylic acids is 2. The molecule has 0 saturated heterocycles. The average molecular weight is 305 g/mol. The molecule has 1 rings (SSSR count). The molecule has 1 amide bonds. The summed E-state index contributed by atoms with van der Waals surface area (Å²) in [5, 5.41) is 1.60. The zero-order chi connectivity index (χ0) is 16.0. The lowest BCUT2D eigenvalue weighted by Gasteiger charge is -2.10. The van der Waals surface area contributed by atoms with E-state index < -0.39 is 31.2 Å². The minimum atomic E-state index is -4.51. The molecular weight excluding hydrogens is 291 g/mol. The smallest absolute Gasteiger partial charge is 0.405 e. The zero-order valence-corrected chi connectivity index (χ0v) is 11.4. The maximum atomic E-state index is 11.9. The number of rotatable bonds is 5. The second-order valence-corrected chi connectivity index (χ2v) is 4.15. The fraction of sp³-hybridized carbons (Fsp3) is 0.385. The highest BCUT2D eigenvalue weighted by Gasteiger charge is 2.27. The van der Waals surface area contributed by atoms with Gasteiger partial charge < -0.3 is 14.8 Å². The predicted octanol–water partition coefficient (Wildman–Crippen LogP) is 1.84. The molecule has 0 aromatic heterocycles. The zero-order valence-electron chi connectivity index (χ0n) is 11.4. The number of benzene rings is 1. The van der Waals surface area contributed by atoms with E-state index in [-0.39, 0.29) is 5.56 Å². The van der Waals surface area contributed by atoms with Crippen molar-refractivity contribution >= 4 is 11.9 Å². The van der Waals surface area contributed by atoms with Crippen LogP contribution in [0.3, 0.4) is 0 Å². The van der Waals surface area contributed by atoms with Crippen molar-refractivity contribution in [2.75, 3.05) is 20.3 Å². The van der Waals surface area contributed by atoms with Crippen molar-refractivity contribution < 1.29 is 32.2 Å². The fourth-order valence-corrected chi connectivity index (χ4v) is 1.41. The number of aryl methyl sites for hydroxylation is 1. The summed E-state index contributed by atoms with van der Waals surface area (Å²) in [7, 11) is 1.43. The first kappa shape index (κ1) is 16.8. The highest BCUT2D eigenvalue weighted by molar-refractivity contribution is 5.91. The predicted molar refractivity (Wildman–Crippen MR) is 67.1 cm³/mol. The maximum Gasteiger partial charge on any atom is 0.405 e. The highest BCUT2D eigenvalue weighted by Crippen LogP contribution is 2.19. The molecule has 116 valence electrons. The van der Waals surface area contributed by atoms with Gasteiger partial charge in [-0.05, 0) is 24.6 Å². The molecule has 0 unspecified atom stereocenters. The first-order valence-corrected chi connectivity index (χ1v) is 5.88.